The molecule has 1 unspecified atom stereocenters. The molecule has 27 heavy (non-hydrogen) atoms. The number of nitrogens with zero attached hydrogens (tertiary/aromatic N) is 2. The van der Waals surface area contributed by atoms with Crippen LogP contribution in [0.5, 0.6) is 0 Å². The monoisotopic (exact) mass is 367 g/mol. The predicted molar refractivity (Wildman–Crippen MR) is 105 cm³/mol. The van der Waals surface area contributed by atoms with Gasteiger partial charge in [-0.05, 0) is 46.1 Å². The molecule has 0 amide bonds. The number of carbonyl (C=O) groups excluding carboxylic acids is 1. The molecule has 3 aromatic rings. The molecule has 1 atom stereocenters. The molecule has 0 bridgehead atoms. The molecule has 0 fully saturated rings. The predicted octanol–water partition coefficient (Wildman–Crippen LogP) is 4.45. The van der Waals surface area contributed by atoms with Gasteiger partial charge in [-0.2, -0.15) is 4.98 Å². The lowest BCUT2D eigenvalue weighted by atomic mass is 10.1. The number of rotatable bonds is 7. The van der Waals surface area contributed by atoms with Gasteiger partial charge in [0.1, 0.15) is 23.0 Å². The molecule has 3 rings (SSSR count). The number of aryl methyl sites for hydroxylation is 3. The van der Waals surface area contributed by atoms with Crippen LogP contribution in [0.2, 0.25) is 0 Å². The Hall–Kier alpha value is -2.89. The van der Waals surface area contributed by atoms with Crippen LogP contribution in [0.1, 0.15) is 47.8 Å². The summed E-state index contributed by atoms with van der Waals surface area (Å²) in [4.78, 5) is 21.3. The van der Waals surface area contributed by atoms with Crippen LogP contribution in [-0.4, -0.2) is 28.6 Å². The molecule has 0 saturated carbocycles. The van der Waals surface area contributed by atoms with Crippen LogP contribution < -0.4 is 5.32 Å². The minimum Gasteiger partial charge on any atom is -0.462 e. The molecule has 2 aromatic heterocycles. The Morgan fingerprint density at radius 1 is 1.22 bits per heavy atom. The van der Waals surface area contributed by atoms with E-state index in [1.165, 1.54) is 5.56 Å². The molecular weight excluding hydrogens is 342 g/mol. The highest BCUT2D eigenvalue weighted by atomic mass is 16.5. The van der Waals surface area contributed by atoms with Gasteiger partial charge in [-0.3, -0.25) is 0 Å². The highest BCUT2D eigenvalue weighted by molar-refractivity contribution is 6.07. The lowest BCUT2D eigenvalue weighted by Crippen LogP contribution is -2.18. The van der Waals surface area contributed by atoms with Crippen LogP contribution in [0.3, 0.4) is 0 Å². The summed E-state index contributed by atoms with van der Waals surface area (Å²) in [5.74, 6) is 1.27. The number of carbonyl (C=O) groups is 1. The van der Waals surface area contributed by atoms with Crippen molar-refractivity contribution < 1.29 is 13.9 Å². The molecule has 0 aliphatic rings. The Bertz CT molecular complexity index is 935. The van der Waals surface area contributed by atoms with Gasteiger partial charge in [0.05, 0.1) is 12.0 Å². The van der Waals surface area contributed by atoms with E-state index in [-0.39, 0.29) is 6.04 Å². The summed E-state index contributed by atoms with van der Waals surface area (Å²) in [5, 5.41) is 4.01. The Balaban J connectivity index is 1.87. The number of hydrogen-bond donors (Lipinski definition) is 1. The normalized spacial score (nSPS) is 12.1. The van der Waals surface area contributed by atoms with E-state index in [2.05, 4.69) is 34.3 Å². The molecule has 1 N–H and O–H groups in total. The molecule has 0 aliphatic heterocycles. The van der Waals surface area contributed by atoms with Crippen LogP contribution in [0.15, 0.2) is 34.7 Å². The van der Waals surface area contributed by atoms with E-state index in [0.717, 1.165) is 12.8 Å². The van der Waals surface area contributed by atoms with Crippen molar-refractivity contribution in [1.82, 2.24) is 9.97 Å². The van der Waals surface area contributed by atoms with Crippen LogP contribution in [0.25, 0.3) is 11.1 Å². The van der Waals surface area contributed by atoms with E-state index in [9.17, 15) is 4.79 Å². The molecule has 6 nitrogen and oxygen atoms in total. The molecule has 1 aromatic carbocycles. The number of nitrogens with one attached hydrogen (secondary N) is 1. The topological polar surface area (TPSA) is 77.2 Å². The van der Waals surface area contributed by atoms with Crippen molar-refractivity contribution in [2.45, 2.75) is 46.6 Å². The van der Waals surface area contributed by atoms with E-state index < -0.39 is 5.97 Å². The van der Waals surface area contributed by atoms with Gasteiger partial charge in [0.15, 0.2) is 0 Å². The zero-order valence-corrected chi connectivity index (χ0v) is 16.2. The Kier molecular flexibility index (Phi) is 5.74. The largest absolute Gasteiger partial charge is 0.462 e. The maximum atomic E-state index is 12.4. The first kappa shape index (κ1) is 18.9. The second-order valence-electron chi connectivity index (χ2n) is 6.62. The molecule has 0 radical (unpaired) electrons. The highest BCUT2D eigenvalue weighted by Crippen LogP contribution is 2.31. The maximum Gasteiger partial charge on any atom is 0.342 e. The number of ether oxygens (including phenoxy) is 1. The van der Waals surface area contributed by atoms with Crippen molar-refractivity contribution in [3.8, 4) is 0 Å². The number of anilines is 1. The van der Waals surface area contributed by atoms with Crippen molar-refractivity contribution >= 4 is 22.9 Å². The summed E-state index contributed by atoms with van der Waals surface area (Å²) < 4.78 is 10.9. The summed E-state index contributed by atoms with van der Waals surface area (Å²) in [6.07, 6.45) is 1.89. The Morgan fingerprint density at radius 3 is 2.67 bits per heavy atom. The number of aromatic nitrogens is 2. The fraction of sp³-hybridized carbons (Fsp3) is 0.381. The fourth-order valence-corrected chi connectivity index (χ4v) is 3.11. The van der Waals surface area contributed by atoms with Gasteiger partial charge in [-0.1, -0.05) is 30.3 Å². The molecule has 6 heteroatoms. The average molecular weight is 367 g/mol. The van der Waals surface area contributed by atoms with Gasteiger partial charge < -0.3 is 14.5 Å². The summed E-state index contributed by atoms with van der Waals surface area (Å²) in [7, 11) is 0. The van der Waals surface area contributed by atoms with Crippen molar-refractivity contribution in [2.24, 2.45) is 0 Å². The second-order valence-corrected chi connectivity index (χ2v) is 6.62. The fourth-order valence-electron chi connectivity index (χ4n) is 3.11. The zero-order chi connectivity index (χ0) is 19.4. The Labute approximate surface area is 159 Å². The number of benzene rings is 1. The van der Waals surface area contributed by atoms with Crippen LogP contribution in [0.4, 0.5) is 5.82 Å². The van der Waals surface area contributed by atoms with Gasteiger partial charge in [0.2, 0.25) is 5.71 Å². The maximum absolute atomic E-state index is 12.4. The van der Waals surface area contributed by atoms with Crippen molar-refractivity contribution in [1.29, 1.82) is 0 Å². The third kappa shape index (κ3) is 4.27. The molecule has 0 saturated heterocycles. The minimum absolute atomic E-state index is 0.160. The third-order valence-corrected chi connectivity index (χ3v) is 4.41. The van der Waals surface area contributed by atoms with E-state index in [4.69, 9.17) is 9.15 Å². The molecular formula is C21H25N3O3. The van der Waals surface area contributed by atoms with Gasteiger partial charge in [-0.25, -0.2) is 9.78 Å². The number of esters is 1. The zero-order valence-electron chi connectivity index (χ0n) is 16.2. The lowest BCUT2D eigenvalue weighted by Gasteiger charge is -2.16. The molecule has 0 aliphatic carbocycles. The SMILES string of the molecule is CCOC(=O)c1c(C)oc2nc(C)nc(NC(C)CCc3ccccc3)c12. The van der Waals surface area contributed by atoms with E-state index in [0.29, 0.717) is 40.7 Å². The van der Waals surface area contributed by atoms with Crippen molar-refractivity contribution in [2.75, 3.05) is 11.9 Å². The average Bonchev–Trinajstić information content (AvgIpc) is 2.97. The first-order valence-corrected chi connectivity index (χ1v) is 9.25. The Morgan fingerprint density at radius 2 is 1.96 bits per heavy atom. The van der Waals surface area contributed by atoms with Gasteiger partial charge in [0.25, 0.3) is 0 Å². The highest BCUT2D eigenvalue weighted by Gasteiger charge is 2.24. The van der Waals surface area contributed by atoms with Crippen LogP contribution in [0, 0.1) is 13.8 Å². The first-order valence-electron chi connectivity index (χ1n) is 9.25. The van der Waals surface area contributed by atoms with E-state index in [1.54, 1.807) is 20.8 Å². The lowest BCUT2D eigenvalue weighted by molar-refractivity contribution is 0.0526. The second kappa shape index (κ2) is 8.20. The van der Waals surface area contributed by atoms with Crippen molar-refractivity contribution in [3.05, 3.63) is 53.0 Å². The van der Waals surface area contributed by atoms with Crippen LogP contribution >= 0.6 is 0 Å². The van der Waals surface area contributed by atoms with Crippen molar-refractivity contribution in [3.63, 3.8) is 0 Å². The smallest absolute Gasteiger partial charge is 0.342 e. The van der Waals surface area contributed by atoms with E-state index in [1.807, 2.05) is 18.2 Å². The van der Waals surface area contributed by atoms with Crippen LogP contribution in [-0.2, 0) is 11.2 Å². The third-order valence-electron chi connectivity index (χ3n) is 4.41. The first-order chi connectivity index (χ1) is 13.0. The number of furan rings is 1. The minimum atomic E-state index is -0.416. The van der Waals surface area contributed by atoms with Gasteiger partial charge in [-0.15, -0.1) is 0 Å². The summed E-state index contributed by atoms with van der Waals surface area (Å²) in [6, 6.07) is 10.5. The molecule has 0 spiro atoms. The van der Waals surface area contributed by atoms with Gasteiger partial charge >= 0.3 is 5.97 Å². The summed E-state index contributed by atoms with van der Waals surface area (Å²) in [5.41, 5.74) is 2.09. The summed E-state index contributed by atoms with van der Waals surface area (Å²) >= 11 is 0. The quantitative estimate of drug-likeness (QED) is 0.622. The number of fused-ring (bicyclic) bond motifs is 1. The number of hydrogen-bond acceptors (Lipinski definition) is 6. The van der Waals surface area contributed by atoms with E-state index >= 15 is 0 Å². The standard InChI is InChI=1S/C21H25N3O3/c1-5-26-21(25)17-14(3)27-20-18(17)19(23-15(4)24-20)22-13(2)11-12-16-9-7-6-8-10-16/h6-10,13H,5,11-12H2,1-4H3,(H,22,23,24). The molecule has 2 heterocycles. The summed E-state index contributed by atoms with van der Waals surface area (Å²) in [6.45, 7) is 7.73. The molecule has 142 valence electrons. The van der Waals surface area contributed by atoms with Gasteiger partial charge in [0, 0.05) is 6.04 Å².